The van der Waals surface area contributed by atoms with E-state index < -0.39 is 24.3 Å². The Bertz CT molecular complexity index is 787. The van der Waals surface area contributed by atoms with Crippen molar-refractivity contribution < 1.29 is 23.5 Å². The van der Waals surface area contributed by atoms with Gasteiger partial charge in [-0.25, -0.2) is 9.18 Å². The Morgan fingerprint density at radius 3 is 2.41 bits per heavy atom. The first kappa shape index (κ1) is 20.4. The van der Waals surface area contributed by atoms with Crippen molar-refractivity contribution in [2.75, 3.05) is 20.3 Å². The van der Waals surface area contributed by atoms with Gasteiger partial charge in [0.05, 0.1) is 12.7 Å². The third-order valence-electron chi connectivity index (χ3n) is 4.11. The van der Waals surface area contributed by atoms with E-state index in [0.717, 1.165) is 11.6 Å². The number of carbonyl (C=O) groups excluding carboxylic acids is 2. The summed E-state index contributed by atoms with van der Waals surface area (Å²) >= 11 is 0. The molecule has 144 valence electrons. The van der Waals surface area contributed by atoms with Crippen molar-refractivity contribution in [1.29, 1.82) is 0 Å². The molecule has 0 unspecified atom stereocenters. The topological polar surface area (TPSA) is 64.6 Å². The maximum atomic E-state index is 13.8. The number of nitrogens with one attached hydrogen (secondary N) is 1. The van der Waals surface area contributed by atoms with E-state index in [1.807, 2.05) is 12.1 Å². The quantitative estimate of drug-likeness (QED) is 0.720. The molecule has 0 aromatic heterocycles. The van der Waals surface area contributed by atoms with Gasteiger partial charge in [-0.2, -0.15) is 0 Å². The average Bonchev–Trinajstić information content (AvgIpc) is 2.66. The first-order valence-corrected chi connectivity index (χ1v) is 8.77. The molecule has 0 radical (unpaired) electrons. The van der Waals surface area contributed by atoms with E-state index in [2.05, 4.69) is 31.3 Å². The van der Waals surface area contributed by atoms with Gasteiger partial charge in [0.1, 0.15) is 11.6 Å². The Morgan fingerprint density at radius 1 is 1.11 bits per heavy atom. The summed E-state index contributed by atoms with van der Waals surface area (Å²) in [7, 11) is 1.40. The van der Waals surface area contributed by atoms with Crippen molar-refractivity contribution in [2.24, 2.45) is 0 Å². The van der Waals surface area contributed by atoms with E-state index in [9.17, 15) is 14.0 Å². The second-order valence-electron chi connectivity index (χ2n) is 6.42. The summed E-state index contributed by atoms with van der Waals surface area (Å²) in [4.78, 5) is 23.7. The summed E-state index contributed by atoms with van der Waals surface area (Å²) < 4.78 is 23.5. The van der Waals surface area contributed by atoms with Crippen molar-refractivity contribution in [3.8, 4) is 5.75 Å². The minimum atomic E-state index is -0.894. The van der Waals surface area contributed by atoms with E-state index in [1.54, 1.807) is 0 Å². The SMILES string of the molecule is COc1ccc(C(=O)OCC(=O)NCCc2ccc(C(C)C)cc2)c(F)c1. The van der Waals surface area contributed by atoms with Gasteiger partial charge in [-0.15, -0.1) is 0 Å². The van der Waals surface area contributed by atoms with Gasteiger partial charge in [0, 0.05) is 12.6 Å². The molecule has 27 heavy (non-hydrogen) atoms. The van der Waals surface area contributed by atoms with Crippen molar-refractivity contribution in [3.63, 3.8) is 0 Å². The summed E-state index contributed by atoms with van der Waals surface area (Å²) in [5.74, 6) is -1.32. The van der Waals surface area contributed by atoms with Crippen LogP contribution in [0.25, 0.3) is 0 Å². The summed E-state index contributed by atoms with van der Waals surface area (Å²) in [6, 6.07) is 12.0. The monoisotopic (exact) mass is 373 g/mol. The molecular weight excluding hydrogens is 349 g/mol. The largest absolute Gasteiger partial charge is 0.497 e. The summed E-state index contributed by atoms with van der Waals surface area (Å²) in [5.41, 5.74) is 2.13. The molecule has 0 heterocycles. The Hall–Kier alpha value is -2.89. The zero-order chi connectivity index (χ0) is 19.8. The van der Waals surface area contributed by atoms with Crippen LogP contribution in [0.5, 0.6) is 5.75 Å². The highest BCUT2D eigenvalue weighted by Crippen LogP contribution is 2.17. The molecule has 0 spiro atoms. The number of carbonyl (C=O) groups is 2. The van der Waals surface area contributed by atoms with Gasteiger partial charge in [0.25, 0.3) is 5.91 Å². The molecule has 0 aliphatic heterocycles. The third-order valence-corrected chi connectivity index (χ3v) is 4.11. The molecule has 0 fully saturated rings. The van der Waals surface area contributed by atoms with Crippen molar-refractivity contribution in [1.82, 2.24) is 5.32 Å². The maximum Gasteiger partial charge on any atom is 0.341 e. The van der Waals surface area contributed by atoms with Gasteiger partial charge in [0.15, 0.2) is 6.61 Å². The molecular formula is C21H24FNO4. The molecule has 2 aromatic carbocycles. The van der Waals surface area contributed by atoms with Crippen LogP contribution in [0.4, 0.5) is 4.39 Å². The standard InChI is InChI=1S/C21H24FNO4/c1-14(2)16-6-4-15(5-7-16)10-11-23-20(24)13-27-21(25)18-9-8-17(26-3)12-19(18)22/h4-9,12,14H,10-11,13H2,1-3H3,(H,23,24). The fourth-order valence-electron chi connectivity index (χ4n) is 2.46. The van der Waals surface area contributed by atoms with Gasteiger partial charge in [-0.1, -0.05) is 38.1 Å². The zero-order valence-electron chi connectivity index (χ0n) is 15.8. The fraction of sp³-hybridized carbons (Fsp3) is 0.333. The van der Waals surface area contributed by atoms with Crippen LogP contribution in [0.15, 0.2) is 42.5 Å². The second kappa shape index (κ2) is 9.71. The zero-order valence-corrected chi connectivity index (χ0v) is 15.8. The molecule has 2 rings (SSSR count). The first-order valence-electron chi connectivity index (χ1n) is 8.77. The average molecular weight is 373 g/mol. The number of halogens is 1. The van der Waals surface area contributed by atoms with Gasteiger partial charge in [0.2, 0.25) is 0 Å². The Kier molecular flexibility index (Phi) is 7.34. The number of hydrogen-bond acceptors (Lipinski definition) is 4. The molecule has 1 N–H and O–H groups in total. The number of rotatable bonds is 8. The number of esters is 1. The minimum absolute atomic E-state index is 0.242. The van der Waals surface area contributed by atoms with E-state index in [1.165, 1.54) is 24.8 Å². The summed E-state index contributed by atoms with van der Waals surface area (Å²) in [6.07, 6.45) is 0.672. The number of hydrogen-bond donors (Lipinski definition) is 1. The molecule has 5 nitrogen and oxygen atoms in total. The lowest BCUT2D eigenvalue weighted by Crippen LogP contribution is -2.30. The van der Waals surface area contributed by atoms with Crippen LogP contribution in [0.3, 0.4) is 0 Å². The normalized spacial score (nSPS) is 10.6. The molecule has 0 aliphatic rings. The van der Waals surface area contributed by atoms with E-state index in [0.29, 0.717) is 24.6 Å². The first-order chi connectivity index (χ1) is 12.9. The second-order valence-corrected chi connectivity index (χ2v) is 6.42. The lowest BCUT2D eigenvalue weighted by Gasteiger charge is -2.09. The van der Waals surface area contributed by atoms with Crippen molar-refractivity contribution >= 4 is 11.9 Å². The van der Waals surface area contributed by atoms with Crippen LogP contribution in [0, 0.1) is 5.82 Å². The lowest BCUT2D eigenvalue weighted by molar-refractivity contribution is -0.124. The highest BCUT2D eigenvalue weighted by atomic mass is 19.1. The smallest absolute Gasteiger partial charge is 0.341 e. The van der Waals surface area contributed by atoms with E-state index in [-0.39, 0.29) is 5.56 Å². The number of methoxy groups -OCH3 is 1. The number of amides is 1. The van der Waals surface area contributed by atoms with Crippen LogP contribution < -0.4 is 10.1 Å². The molecule has 2 aromatic rings. The number of ether oxygens (including phenoxy) is 2. The molecule has 0 bridgehead atoms. The van der Waals surface area contributed by atoms with E-state index in [4.69, 9.17) is 9.47 Å². The van der Waals surface area contributed by atoms with Crippen LogP contribution in [-0.2, 0) is 16.0 Å². The third kappa shape index (κ3) is 6.09. The van der Waals surface area contributed by atoms with Gasteiger partial charge >= 0.3 is 5.97 Å². The molecule has 0 atom stereocenters. The molecule has 6 heteroatoms. The maximum absolute atomic E-state index is 13.8. The van der Waals surface area contributed by atoms with Crippen molar-refractivity contribution in [3.05, 3.63) is 65.0 Å². The molecule has 0 aliphatic carbocycles. The molecule has 0 saturated carbocycles. The van der Waals surface area contributed by atoms with Crippen molar-refractivity contribution in [2.45, 2.75) is 26.2 Å². The predicted molar refractivity (Wildman–Crippen MR) is 100 cm³/mol. The predicted octanol–water partition coefficient (Wildman–Crippen LogP) is 3.47. The summed E-state index contributed by atoms with van der Waals surface area (Å²) in [6.45, 7) is 4.23. The van der Waals surface area contributed by atoms with Crippen LogP contribution in [-0.4, -0.2) is 32.1 Å². The van der Waals surface area contributed by atoms with Gasteiger partial charge < -0.3 is 14.8 Å². The van der Waals surface area contributed by atoms with Crippen LogP contribution in [0.2, 0.25) is 0 Å². The molecule has 1 amide bonds. The lowest BCUT2D eigenvalue weighted by atomic mass is 10.0. The van der Waals surface area contributed by atoms with E-state index >= 15 is 0 Å². The highest BCUT2D eigenvalue weighted by molar-refractivity contribution is 5.91. The Labute approximate surface area is 158 Å². The van der Waals surface area contributed by atoms with Crippen LogP contribution in [0.1, 0.15) is 41.3 Å². The van der Waals surface area contributed by atoms with Crippen LogP contribution >= 0.6 is 0 Å². The highest BCUT2D eigenvalue weighted by Gasteiger charge is 2.15. The fourth-order valence-corrected chi connectivity index (χ4v) is 2.46. The Balaban J connectivity index is 1.75. The summed E-state index contributed by atoms with van der Waals surface area (Å²) in [5, 5.41) is 2.68. The minimum Gasteiger partial charge on any atom is -0.497 e. The molecule has 0 saturated heterocycles. The van der Waals surface area contributed by atoms with Gasteiger partial charge in [-0.05, 0) is 35.6 Å². The Morgan fingerprint density at radius 2 is 1.81 bits per heavy atom. The van der Waals surface area contributed by atoms with Gasteiger partial charge in [-0.3, -0.25) is 4.79 Å². The number of benzene rings is 2.